The van der Waals surface area contributed by atoms with Crippen molar-refractivity contribution in [2.24, 2.45) is 5.73 Å². The van der Waals surface area contributed by atoms with Crippen LogP contribution in [0.15, 0.2) is 60.7 Å². The predicted octanol–water partition coefficient (Wildman–Crippen LogP) is 3.89. The lowest BCUT2D eigenvalue weighted by molar-refractivity contribution is -0.136. The average Bonchev–Trinajstić information content (AvgIpc) is 3.48. The number of phenols is 1. The van der Waals surface area contributed by atoms with Crippen LogP contribution in [0.1, 0.15) is 40.0 Å². The van der Waals surface area contributed by atoms with Gasteiger partial charge in [-0.3, -0.25) is 34.2 Å². The molecule has 8 rings (SSSR count). The topological polar surface area (TPSA) is 221 Å². The van der Waals surface area contributed by atoms with Gasteiger partial charge in [0.25, 0.3) is 11.8 Å². The van der Waals surface area contributed by atoms with E-state index in [2.05, 4.69) is 15.6 Å². The largest absolute Gasteiger partial charge is 0.508 e. The number of benzene rings is 4. The minimum Gasteiger partial charge on any atom is -0.508 e. The minimum absolute atomic E-state index is 0.000216. The van der Waals surface area contributed by atoms with Gasteiger partial charge in [0.05, 0.1) is 22.7 Å². The van der Waals surface area contributed by atoms with Crippen molar-refractivity contribution in [1.82, 2.24) is 30.0 Å². The zero-order valence-corrected chi connectivity index (χ0v) is 33.5. The summed E-state index contributed by atoms with van der Waals surface area (Å²) < 4.78 is 22.7. The van der Waals surface area contributed by atoms with Gasteiger partial charge in [-0.25, -0.2) is 14.2 Å². The lowest BCUT2D eigenvalue weighted by Crippen LogP contribution is -2.54. The molecular formula is C42H39ClFN9O8. The monoisotopic (exact) mass is 851 g/mol. The number of phenolic OH excluding ortho intramolecular Hbond substituents is 1. The van der Waals surface area contributed by atoms with Crippen LogP contribution in [-0.2, 0) is 14.4 Å². The summed E-state index contributed by atoms with van der Waals surface area (Å²) in [6, 6.07) is 14.6. The van der Waals surface area contributed by atoms with Gasteiger partial charge in [-0.2, -0.15) is 4.98 Å². The first kappa shape index (κ1) is 40.7. The second-order valence-corrected chi connectivity index (χ2v) is 15.2. The van der Waals surface area contributed by atoms with Crippen LogP contribution in [0, 0.1) is 5.82 Å². The number of nitrogens with two attached hydrogens (primary N) is 1. The zero-order valence-electron chi connectivity index (χ0n) is 32.7. The summed E-state index contributed by atoms with van der Waals surface area (Å²) in [6.07, 6.45) is 0.0466. The minimum atomic E-state index is -1.09. The number of likely N-dealkylation sites (N-methyl/N-ethyl adjacent to an activating group) is 1. The fraction of sp³-hybridized carbons (Fsp3) is 0.286. The Morgan fingerprint density at radius 1 is 0.984 bits per heavy atom. The molecule has 0 bridgehead atoms. The molecule has 1 aromatic heterocycles. The lowest BCUT2D eigenvalue weighted by Gasteiger charge is -2.35. The molecule has 19 heteroatoms. The number of aromatic hydroxyl groups is 1. The molecule has 2 fully saturated rings. The summed E-state index contributed by atoms with van der Waals surface area (Å²) in [7, 11) is 1.59. The first-order chi connectivity index (χ1) is 29.3. The molecule has 2 saturated heterocycles. The Morgan fingerprint density at radius 3 is 2.49 bits per heavy atom. The van der Waals surface area contributed by atoms with Crippen molar-refractivity contribution in [2.75, 3.05) is 63.1 Å². The van der Waals surface area contributed by atoms with Gasteiger partial charge in [-0.05, 0) is 59.2 Å². The molecule has 17 nitrogen and oxygen atoms in total. The molecular weight excluding hydrogens is 813 g/mol. The molecule has 3 aliphatic rings. The van der Waals surface area contributed by atoms with E-state index in [-0.39, 0.29) is 89.5 Å². The molecule has 0 spiro atoms. The molecule has 3 aliphatic heterocycles. The van der Waals surface area contributed by atoms with Crippen molar-refractivity contribution >= 4 is 80.6 Å². The van der Waals surface area contributed by atoms with Gasteiger partial charge in [0.15, 0.2) is 5.82 Å². The van der Waals surface area contributed by atoms with Gasteiger partial charge in [0.2, 0.25) is 23.7 Å². The zero-order chi connectivity index (χ0) is 43.1. The third kappa shape index (κ3) is 7.88. The first-order valence-electron chi connectivity index (χ1n) is 19.5. The number of imide groups is 2. The van der Waals surface area contributed by atoms with Crippen molar-refractivity contribution in [3.63, 3.8) is 0 Å². The number of hydrogen-bond acceptors (Lipinski definition) is 12. The summed E-state index contributed by atoms with van der Waals surface area (Å²) in [5.41, 5.74) is 6.07. The van der Waals surface area contributed by atoms with E-state index in [4.69, 9.17) is 27.1 Å². The molecule has 1 unspecified atom stereocenters. The maximum Gasteiger partial charge on any atom is 0.314 e. The van der Waals surface area contributed by atoms with Crippen LogP contribution in [0.4, 0.5) is 21.0 Å². The maximum atomic E-state index is 16.9. The maximum absolute atomic E-state index is 16.9. The van der Waals surface area contributed by atoms with E-state index in [1.165, 1.54) is 34.1 Å². The molecule has 61 heavy (non-hydrogen) atoms. The van der Waals surface area contributed by atoms with Gasteiger partial charge >= 0.3 is 6.03 Å². The fourth-order valence-electron chi connectivity index (χ4n) is 7.82. The number of fused-ring (bicyclic) bond motifs is 3. The fourth-order valence-corrected chi connectivity index (χ4v) is 8.12. The molecule has 7 amide bonds. The van der Waals surface area contributed by atoms with Gasteiger partial charge in [-0.1, -0.05) is 35.9 Å². The molecule has 0 aliphatic carbocycles. The molecule has 4 heterocycles. The van der Waals surface area contributed by atoms with E-state index in [1.54, 1.807) is 37.4 Å². The SMILES string of the molecule is CN(CCOc1ccc2c(c1)C(=O)N(C1CCC(=O)NC1=O)C2=O)C(=O)CCNc1nc(N2CCN(C(N)=O)CC2)c2cc(Cl)c(-c3cc(O)cc4ccccc34)c(F)c2n1. The number of carbonyl (C=O) groups excluding carboxylic acids is 6. The highest BCUT2D eigenvalue weighted by Crippen LogP contribution is 2.42. The van der Waals surface area contributed by atoms with E-state index in [1.807, 2.05) is 11.0 Å². The quantitative estimate of drug-likeness (QED) is 0.139. The van der Waals surface area contributed by atoms with Gasteiger partial charge in [0.1, 0.15) is 35.5 Å². The number of primary amides is 1. The summed E-state index contributed by atoms with van der Waals surface area (Å²) in [5.74, 6) is -2.83. The second-order valence-electron chi connectivity index (χ2n) is 14.8. The number of halogens is 2. The van der Waals surface area contributed by atoms with Crippen LogP contribution in [0.25, 0.3) is 32.8 Å². The first-order valence-corrected chi connectivity index (χ1v) is 19.8. The number of piperazine rings is 1. The van der Waals surface area contributed by atoms with E-state index >= 15 is 4.39 Å². The third-order valence-electron chi connectivity index (χ3n) is 11.0. The summed E-state index contributed by atoms with van der Waals surface area (Å²) in [4.78, 5) is 90.2. The van der Waals surface area contributed by atoms with Crippen LogP contribution >= 0.6 is 11.6 Å². The van der Waals surface area contributed by atoms with Crippen molar-refractivity contribution in [3.8, 4) is 22.6 Å². The molecule has 0 radical (unpaired) electrons. The molecule has 4 aromatic carbocycles. The normalized spacial score (nSPS) is 16.6. The number of nitrogens with one attached hydrogen (secondary N) is 2. The summed E-state index contributed by atoms with van der Waals surface area (Å²) >= 11 is 6.82. The number of rotatable bonds is 11. The van der Waals surface area contributed by atoms with Crippen molar-refractivity contribution < 1.29 is 43.0 Å². The second kappa shape index (κ2) is 16.5. The highest BCUT2D eigenvalue weighted by atomic mass is 35.5. The third-order valence-corrected chi connectivity index (χ3v) is 11.3. The predicted molar refractivity (Wildman–Crippen MR) is 222 cm³/mol. The molecule has 0 saturated carbocycles. The number of nitrogens with zero attached hydrogens (tertiary/aromatic N) is 6. The van der Waals surface area contributed by atoms with Crippen LogP contribution in [0.2, 0.25) is 5.02 Å². The van der Waals surface area contributed by atoms with E-state index in [9.17, 15) is 33.9 Å². The Kier molecular flexibility index (Phi) is 11.0. The molecule has 314 valence electrons. The van der Waals surface area contributed by atoms with Crippen LogP contribution < -0.4 is 26.0 Å². The number of carbonyl (C=O) groups is 6. The number of piperidine rings is 1. The lowest BCUT2D eigenvalue weighted by atomic mass is 9.96. The number of urea groups is 1. The Balaban J connectivity index is 0.951. The Hall–Kier alpha value is -7.08. The summed E-state index contributed by atoms with van der Waals surface area (Å²) in [5, 5.41) is 17.5. The van der Waals surface area contributed by atoms with Crippen LogP contribution in [-0.4, -0.2) is 124 Å². The smallest absolute Gasteiger partial charge is 0.314 e. The standard InChI is InChI=1S/C42H39ClFN9O8/c1-50(16-17-61-24-6-7-26-28(20-24)40(59)53(39(26)58)31-8-9-32(55)47-38(31)57)33(56)10-11-46-42-48-36-29(37(49-42)51-12-14-52(15-13-51)41(45)60)21-30(43)34(35(36)44)27-19-23(54)18-22-4-2-3-5-25(22)27/h2-7,18-21,31,54H,8-17H2,1H3,(H2,45,60)(H,46,48,49)(H,47,55,57). The Morgan fingerprint density at radius 2 is 1.74 bits per heavy atom. The number of aromatic nitrogens is 2. The Bertz CT molecular complexity index is 2670. The number of anilines is 2. The molecule has 5 N–H and O–H groups in total. The van der Waals surface area contributed by atoms with E-state index in [0.717, 1.165) is 4.90 Å². The number of hydrogen-bond donors (Lipinski definition) is 4. The summed E-state index contributed by atoms with van der Waals surface area (Å²) in [6.45, 7) is 1.60. The van der Waals surface area contributed by atoms with Gasteiger partial charge in [-0.15, -0.1) is 0 Å². The van der Waals surface area contributed by atoms with E-state index < -0.39 is 41.5 Å². The number of ether oxygens (including phenoxy) is 1. The van der Waals surface area contributed by atoms with Gasteiger partial charge < -0.3 is 35.6 Å². The highest BCUT2D eigenvalue weighted by Gasteiger charge is 2.44. The van der Waals surface area contributed by atoms with Crippen molar-refractivity contribution in [1.29, 1.82) is 0 Å². The molecule has 5 aromatic rings. The average molecular weight is 852 g/mol. The highest BCUT2D eigenvalue weighted by molar-refractivity contribution is 6.35. The van der Waals surface area contributed by atoms with Crippen molar-refractivity contribution in [2.45, 2.75) is 25.3 Å². The number of amides is 7. The van der Waals surface area contributed by atoms with Gasteiger partial charge in [0, 0.05) is 63.6 Å². The Labute approximate surface area is 352 Å². The van der Waals surface area contributed by atoms with E-state index in [0.29, 0.717) is 53.7 Å². The molecule has 1 atom stereocenters. The van der Waals surface area contributed by atoms with Crippen LogP contribution in [0.3, 0.4) is 0 Å². The van der Waals surface area contributed by atoms with Crippen LogP contribution in [0.5, 0.6) is 11.5 Å². The van der Waals surface area contributed by atoms with Crippen molar-refractivity contribution in [3.05, 3.63) is 82.6 Å².